The minimum Gasteiger partial charge on any atom is -0.465 e. The molecule has 0 saturated heterocycles. The van der Waals surface area contributed by atoms with Gasteiger partial charge in [-0.1, -0.05) is 96.8 Å². The lowest BCUT2D eigenvalue weighted by Gasteiger charge is -2.20. The molecule has 0 aromatic carbocycles. The van der Waals surface area contributed by atoms with Gasteiger partial charge in [0.05, 0.1) is 13.0 Å². The maximum absolute atomic E-state index is 12.2. The van der Waals surface area contributed by atoms with Crippen molar-refractivity contribution in [3.8, 4) is 0 Å². The van der Waals surface area contributed by atoms with Crippen molar-refractivity contribution in [2.45, 2.75) is 149 Å². The average Bonchev–Trinajstić information content (AvgIpc) is 2.71. The normalized spacial score (nSPS) is 12.5. The highest BCUT2D eigenvalue weighted by atomic mass is 16.6. The number of unbranched alkanes of at least 4 members (excludes halogenated alkanes) is 13. The minimum absolute atomic E-state index is 0.216. The van der Waals surface area contributed by atoms with Crippen LogP contribution in [0.4, 0.5) is 0 Å². The van der Waals surface area contributed by atoms with Gasteiger partial charge >= 0.3 is 11.9 Å². The SMILES string of the molecule is CCCCCCCCCCCCCCCCC(NCCC(=O)OC(C)(C)C)C(=O)OCC. The molecule has 1 atom stereocenters. The first-order chi connectivity index (χ1) is 15.3. The summed E-state index contributed by atoms with van der Waals surface area (Å²) in [7, 11) is 0. The van der Waals surface area contributed by atoms with E-state index >= 15 is 0 Å². The van der Waals surface area contributed by atoms with Crippen LogP contribution in [0, 0.1) is 0 Å². The Kier molecular flexibility index (Phi) is 19.8. The quantitative estimate of drug-likeness (QED) is 0.147. The lowest BCUT2D eigenvalue weighted by atomic mass is 10.0. The van der Waals surface area contributed by atoms with Crippen LogP contribution in [0.1, 0.15) is 137 Å². The van der Waals surface area contributed by atoms with E-state index in [2.05, 4.69) is 12.2 Å². The van der Waals surface area contributed by atoms with Gasteiger partial charge in [0.25, 0.3) is 0 Å². The predicted octanol–water partition coefficient (Wildman–Crippen LogP) is 7.11. The van der Waals surface area contributed by atoms with Gasteiger partial charge in [0.2, 0.25) is 0 Å². The summed E-state index contributed by atoms with van der Waals surface area (Å²) in [4.78, 5) is 24.1. The van der Waals surface area contributed by atoms with Gasteiger partial charge in [0.1, 0.15) is 11.6 Å². The second kappa shape index (κ2) is 20.5. The van der Waals surface area contributed by atoms with Crippen LogP contribution in [0.3, 0.4) is 0 Å². The maximum Gasteiger partial charge on any atom is 0.323 e. The summed E-state index contributed by atoms with van der Waals surface area (Å²) in [5.41, 5.74) is -0.480. The Balaban J connectivity index is 3.81. The van der Waals surface area contributed by atoms with Crippen molar-refractivity contribution < 1.29 is 19.1 Å². The van der Waals surface area contributed by atoms with Gasteiger partial charge in [-0.05, 0) is 34.1 Å². The van der Waals surface area contributed by atoms with E-state index in [4.69, 9.17) is 9.47 Å². The summed E-state index contributed by atoms with van der Waals surface area (Å²) in [6, 6.07) is -0.338. The fourth-order valence-electron chi connectivity index (χ4n) is 3.83. The van der Waals surface area contributed by atoms with Crippen molar-refractivity contribution in [2.24, 2.45) is 0 Å². The second-order valence-corrected chi connectivity index (χ2v) is 9.98. The van der Waals surface area contributed by atoms with E-state index in [0.29, 0.717) is 13.2 Å². The zero-order valence-electron chi connectivity index (χ0n) is 21.9. The van der Waals surface area contributed by atoms with Gasteiger partial charge in [-0.2, -0.15) is 0 Å². The second-order valence-electron chi connectivity index (χ2n) is 9.98. The molecule has 32 heavy (non-hydrogen) atoms. The van der Waals surface area contributed by atoms with Gasteiger partial charge in [-0.15, -0.1) is 0 Å². The third-order valence-electron chi connectivity index (χ3n) is 5.56. The molecule has 0 bridgehead atoms. The van der Waals surface area contributed by atoms with Crippen LogP contribution >= 0.6 is 0 Å². The highest BCUT2D eigenvalue weighted by Gasteiger charge is 2.20. The van der Waals surface area contributed by atoms with Crippen LogP contribution in [0.15, 0.2) is 0 Å². The molecule has 0 saturated carbocycles. The van der Waals surface area contributed by atoms with Crippen LogP contribution < -0.4 is 5.32 Å². The van der Waals surface area contributed by atoms with E-state index in [9.17, 15) is 9.59 Å². The summed E-state index contributed by atoms with van der Waals surface area (Å²) in [6.07, 6.45) is 19.5. The molecular weight excluding hydrogens is 402 g/mol. The number of carbonyl (C=O) groups is 2. The monoisotopic (exact) mass is 455 g/mol. The van der Waals surface area contributed by atoms with Crippen LogP contribution in [0.25, 0.3) is 0 Å². The molecule has 5 nitrogen and oxygen atoms in total. The largest absolute Gasteiger partial charge is 0.465 e. The van der Waals surface area contributed by atoms with Gasteiger partial charge in [0.15, 0.2) is 0 Å². The van der Waals surface area contributed by atoms with E-state index < -0.39 is 5.60 Å². The van der Waals surface area contributed by atoms with Crippen LogP contribution in [-0.2, 0) is 19.1 Å². The molecule has 0 aromatic rings. The molecule has 0 aliphatic carbocycles. The van der Waals surface area contributed by atoms with Crippen LogP contribution in [0.5, 0.6) is 0 Å². The Morgan fingerprint density at radius 1 is 0.750 bits per heavy atom. The van der Waals surface area contributed by atoms with Crippen molar-refractivity contribution in [3.63, 3.8) is 0 Å². The first-order valence-corrected chi connectivity index (χ1v) is 13.4. The fraction of sp³-hybridized carbons (Fsp3) is 0.926. The lowest BCUT2D eigenvalue weighted by Crippen LogP contribution is -2.39. The predicted molar refractivity (Wildman–Crippen MR) is 134 cm³/mol. The number of hydrogen-bond acceptors (Lipinski definition) is 5. The Hall–Kier alpha value is -1.10. The maximum atomic E-state index is 12.2. The molecule has 0 amide bonds. The summed E-state index contributed by atoms with van der Waals surface area (Å²) < 4.78 is 10.5. The number of esters is 2. The molecule has 1 N–H and O–H groups in total. The summed E-state index contributed by atoms with van der Waals surface area (Å²) in [5, 5.41) is 3.19. The van der Waals surface area contributed by atoms with E-state index in [0.717, 1.165) is 19.3 Å². The molecule has 0 radical (unpaired) electrons. The number of carbonyl (C=O) groups excluding carboxylic acids is 2. The number of nitrogens with one attached hydrogen (secondary N) is 1. The standard InChI is InChI=1S/C27H53NO4/c1-6-8-9-10-11-12-13-14-15-16-17-18-19-20-21-24(26(30)31-7-2)28-23-22-25(29)32-27(3,4)5/h24,28H,6-23H2,1-5H3. The van der Waals surface area contributed by atoms with Crippen molar-refractivity contribution in [1.29, 1.82) is 0 Å². The summed E-state index contributed by atoms with van der Waals surface area (Å²) in [6.45, 7) is 10.5. The smallest absolute Gasteiger partial charge is 0.323 e. The number of ether oxygens (including phenoxy) is 2. The van der Waals surface area contributed by atoms with E-state index in [-0.39, 0.29) is 24.4 Å². The molecule has 0 spiro atoms. The first-order valence-electron chi connectivity index (χ1n) is 13.4. The van der Waals surface area contributed by atoms with E-state index in [1.807, 2.05) is 27.7 Å². The van der Waals surface area contributed by atoms with Gasteiger partial charge in [-0.25, -0.2) is 0 Å². The molecule has 0 heterocycles. The lowest BCUT2D eigenvalue weighted by molar-refractivity contribution is -0.155. The van der Waals surface area contributed by atoms with Crippen molar-refractivity contribution >= 4 is 11.9 Å². The molecule has 0 aromatic heterocycles. The number of rotatable bonds is 21. The molecule has 0 aliphatic heterocycles. The fourth-order valence-corrected chi connectivity index (χ4v) is 3.83. The average molecular weight is 456 g/mol. The highest BCUT2D eigenvalue weighted by Crippen LogP contribution is 2.14. The topological polar surface area (TPSA) is 64.6 Å². The van der Waals surface area contributed by atoms with Gasteiger partial charge in [-0.3, -0.25) is 9.59 Å². The molecule has 0 fully saturated rings. The molecule has 190 valence electrons. The van der Waals surface area contributed by atoms with Gasteiger partial charge in [0, 0.05) is 6.54 Å². The summed E-state index contributed by atoms with van der Waals surface area (Å²) in [5.74, 6) is -0.463. The van der Waals surface area contributed by atoms with Crippen molar-refractivity contribution in [1.82, 2.24) is 5.32 Å². The summed E-state index contributed by atoms with van der Waals surface area (Å²) >= 11 is 0. The minimum atomic E-state index is -0.480. The zero-order valence-corrected chi connectivity index (χ0v) is 21.9. The Morgan fingerprint density at radius 2 is 1.22 bits per heavy atom. The zero-order chi connectivity index (χ0) is 24.1. The van der Waals surface area contributed by atoms with E-state index in [1.165, 1.54) is 77.0 Å². The third-order valence-corrected chi connectivity index (χ3v) is 5.56. The third kappa shape index (κ3) is 20.8. The molecule has 5 heteroatoms. The number of hydrogen-bond donors (Lipinski definition) is 1. The van der Waals surface area contributed by atoms with Gasteiger partial charge < -0.3 is 14.8 Å². The van der Waals surface area contributed by atoms with E-state index in [1.54, 1.807) is 0 Å². The Morgan fingerprint density at radius 3 is 1.66 bits per heavy atom. The Labute approximate surface area is 198 Å². The molecular formula is C27H53NO4. The van der Waals surface area contributed by atoms with Crippen LogP contribution in [0.2, 0.25) is 0 Å². The van der Waals surface area contributed by atoms with Crippen molar-refractivity contribution in [3.05, 3.63) is 0 Å². The highest BCUT2D eigenvalue weighted by molar-refractivity contribution is 5.76. The molecule has 0 rings (SSSR count). The first kappa shape index (κ1) is 30.9. The van der Waals surface area contributed by atoms with Crippen LogP contribution in [-0.4, -0.2) is 36.7 Å². The Bertz CT molecular complexity index is 459. The molecule has 0 aliphatic rings. The van der Waals surface area contributed by atoms with Crippen molar-refractivity contribution in [2.75, 3.05) is 13.2 Å². The molecule has 1 unspecified atom stereocenters.